The van der Waals surface area contributed by atoms with E-state index in [4.69, 9.17) is 5.11 Å². The number of nitrogens with one attached hydrogen (secondary N) is 1. The van der Waals surface area contributed by atoms with Gasteiger partial charge in [0.1, 0.15) is 18.0 Å². The zero-order chi connectivity index (χ0) is 19.7. The molecule has 2 N–H and O–H groups in total. The first-order chi connectivity index (χ1) is 12.2. The number of carbonyl (C=O) groups excluding carboxylic acids is 1. The maximum Gasteiger partial charge on any atom is 0.519 e. The van der Waals surface area contributed by atoms with Gasteiger partial charge in [-0.3, -0.25) is 4.79 Å². The number of hydrogen-bond acceptors (Lipinski definition) is 5. The molecule has 26 heavy (non-hydrogen) atoms. The lowest BCUT2D eigenvalue weighted by molar-refractivity contribution is -0.295. The molecule has 1 aliphatic heterocycles. The van der Waals surface area contributed by atoms with E-state index in [1.54, 1.807) is 11.0 Å². The number of nitrogens with zero attached hydrogens (tertiary/aromatic N) is 3. The van der Waals surface area contributed by atoms with Crippen molar-refractivity contribution in [2.45, 2.75) is 26.6 Å². The van der Waals surface area contributed by atoms with E-state index in [2.05, 4.69) is 15.3 Å². The Kier molecular flexibility index (Phi) is 8.17. The van der Waals surface area contributed by atoms with E-state index in [-0.39, 0.29) is 18.3 Å². The first kappa shape index (κ1) is 21.6. The Bertz CT molecular complexity index is 715. The van der Waals surface area contributed by atoms with Crippen LogP contribution in [-0.4, -0.2) is 51.9 Å². The van der Waals surface area contributed by atoms with Crippen LogP contribution in [0.1, 0.15) is 20.3 Å². The van der Waals surface area contributed by atoms with E-state index in [1.165, 1.54) is 18.5 Å². The van der Waals surface area contributed by atoms with Crippen LogP contribution in [0.4, 0.5) is 23.4 Å². The molecule has 1 saturated heterocycles. The van der Waals surface area contributed by atoms with Gasteiger partial charge in [0.25, 0.3) is 0 Å². The quantitative estimate of drug-likeness (QED) is 0.806. The van der Waals surface area contributed by atoms with Crippen molar-refractivity contribution in [3.05, 3.63) is 30.3 Å². The van der Waals surface area contributed by atoms with Crippen LogP contribution < -0.4 is 5.32 Å². The molecule has 0 unspecified atom stereocenters. The fraction of sp³-hybridized carbons (Fsp3) is 0.438. The number of amides is 1. The second-order valence-corrected chi connectivity index (χ2v) is 4.94. The Morgan fingerprint density at radius 1 is 1.27 bits per heavy atom. The van der Waals surface area contributed by atoms with Crippen LogP contribution in [0.15, 0.2) is 24.5 Å². The molecule has 0 radical (unpaired) electrons. The van der Waals surface area contributed by atoms with Crippen LogP contribution in [0.2, 0.25) is 0 Å². The summed E-state index contributed by atoms with van der Waals surface area (Å²) in [4.78, 5) is 21.6. The maximum absolute atomic E-state index is 13.1. The average Bonchev–Trinajstić information content (AvgIpc) is 2.51. The van der Waals surface area contributed by atoms with E-state index in [0.717, 1.165) is 19.5 Å². The summed E-state index contributed by atoms with van der Waals surface area (Å²) in [6, 6.07) is 4.31. The molecule has 1 fully saturated rings. The van der Waals surface area contributed by atoms with Crippen molar-refractivity contribution in [3.8, 4) is 0 Å². The lowest BCUT2D eigenvalue weighted by Gasteiger charge is -2.30. The second-order valence-electron chi connectivity index (χ2n) is 4.94. The lowest BCUT2D eigenvalue weighted by Crippen LogP contribution is -2.44. The molecule has 1 aliphatic rings. The minimum atomic E-state index is -5.00. The smallest absolute Gasteiger partial charge is 0.360 e. The van der Waals surface area contributed by atoms with E-state index < -0.39 is 6.36 Å². The molecule has 1 aromatic heterocycles. The Hall–Kier alpha value is -2.49. The molecule has 2 heterocycles. The van der Waals surface area contributed by atoms with Crippen LogP contribution in [0, 0.1) is 5.82 Å². The number of fused-ring (bicyclic) bond motifs is 1. The summed E-state index contributed by atoms with van der Waals surface area (Å²) in [5.74, 6) is 0.271. The molecule has 0 saturated carbocycles. The van der Waals surface area contributed by atoms with Gasteiger partial charge < -0.3 is 15.3 Å². The molecule has 1 aromatic carbocycles. The topological polar surface area (TPSA) is 78.4 Å². The number of carbonyl (C=O) groups is 1. The summed E-state index contributed by atoms with van der Waals surface area (Å²) >= 11 is 0. The number of alkyl halides is 3. The number of hydrogen-bond donors (Lipinski definition) is 2. The highest BCUT2D eigenvalue weighted by Gasteiger charge is 2.20. The van der Waals surface area contributed by atoms with Crippen molar-refractivity contribution in [1.29, 1.82) is 0 Å². The summed E-state index contributed by atoms with van der Waals surface area (Å²) in [6.07, 6.45) is -2.57. The van der Waals surface area contributed by atoms with Gasteiger partial charge in [-0.05, 0) is 18.6 Å². The third-order valence-electron chi connectivity index (χ3n) is 3.21. The molecule has 0 spiro atoms. The van der Waals surface area contributed by atoms with Crippen LogP contribution in [0.3, 0.4) is 0 Å². The van der Waals surface area contributed by atoms with Gasteiger partial charge in [-0.15, -0.1) is 13.2 Å². The van der Waals surface area contributed by atoms with Crippen LogP contribution in [0.5, 0.6) is 0 Å². The van der Waals surface area contributed by atoms with Crippen molar-refractivity contribution in [2.75, 3.05) is 25.0 Å². The highest BCUT2D eigenvalue weighted by Crippen LogP contribution is 2.19. The summed E-state index contributed by atoms with van der Waals surface area (Å²) in [5.41, 5.74) is 0.522. The predicted octanol–water partition coefficient (Wildman–Crippen LogP) is 2.94. The summed E-state index contributed by atoms with van der Waals surface area (Å²) in [6.45, 7) is 5.86. The molecule has 0 bridgehead atoms. The van der Waals surface area contributed by atoms with Gasteiger partial charge in [-0.1, -0.05) is 13.8 Å². The molecule has 3 rings (SSSR count). The van der Waals surface area contributed by atoms with Crippen molar-refractivity contribution in [3.63, 3.8) is 0 Å². The minimum Gasteiger partial charge on any atom is -0.360 e. The Labute approximate surface area is 147 Å². The highest BCUT2D eigenvalue weighted by atomic mass is 19.4. The third-order valence-corrected chi connectivity index (χ3v) is 3.21. The maximum atomic E-state index is 13.1. The average molecular weight is 376 g/mol. The fourth-order valence-electron chi connectivity index (χ4n) is 2.01. The van der Waals surface area contributed by atoms with Crippen LogP contribution in [0.25, 0.3) is 10.9 Å². The molecule has 144 valence electrons. The Morgan fingerprint density at radius 2 is 1.88 bits per heavy atom. The van der Waals surface area contributed by atoms with Crippen molar-refractivity contribution in [2.24, 2.45) is 0 Å². The SMILES string of the molecule is CC.O=C(CNc1ncnc2cc(F)ccc12)N1CCC1.OC(F)(F)F. The number of aliphatic hydroxyl groups is 1. The largest absolute Gasteiger partial charge is 0.519 e. The fourth-order valence-corrected chi connectivity index (χ4v) is 2.01. The zero-order valence-corrected chi connectivity index (χ0v) is 14.3. The lowest BCUT2D eigenvalue weighted by atomic mass is 10.2. The van der Waals surface area contributed by atoms with Gasteiger partial charge in [0.2, 0.25) is 5.91 Å². The molecule has 2 aromatic rings. The number of likely N-dealkylation sites (tertiary alicyclic amines) is 1. The number of aromatic nitrogens is 2. The van der Waals surface area contributed by atoms with Gasteiger partial charge in [0.05, 0.1) is 12.1 Å². The van der Waals surface area contributed by atoms with Gasteiger partial charge >= 0.3 is 6.36 Å². The third kappa shape index (κ3) is 7.18. The molecule has 1 amide bonds. The molecule has 0 aliphatic carbocycles. The van der Waals surface area contributed by atoms with Gasteiger partial charge in [-0.25, -0.2) is 14.4 Å². The molecule has 10 heteroatoms. The zero-order valence-electron chi connectivity index (χ0n) is 14.3. The number of rotatable bonds is 3. The first-order valence-electron chi connectivity index (χ1n) is 7.95. The number of benzene rings is 1. The number of anilines is 1. The molecular weight excluding hydrogens is 356 g/mol. The van der Waals surface area contributed by atoms with E-state index >= 15 is 0 Å². The van der Waals surface area contributed by atoms with Crippen LogP contribution in [-0.2, 0) is 4.79 Å². The van der Waals surface area contributed by atoms with E-state index in [1.807, 2.05) is 13.8 Å². The second kappa shape index (κ2) is 9.85. The summed E-state index contributed by atoms with van der Waals surface area (Å²) in [5, 5.41) is 10.2. The standard InChI is InChI=1S/C13H13FN4O.C2H6.CHF3O/c14-9-2-3-10-11(6-9)16-8-17-13(10)15-7-12(19)18-4-1-5-18;1-2;2-1(3,4)5/h2-3,6,8H,1,4-5,7H2,(H,15,16,17);1-2H3;5H. The van der Waals surface area contributed by atoms with E-state index in [9.17, 15) is 22.4 Å². The highest BCUT2D eigenvalue weighted by molar-refractivity contribution is 5.90. The van der Waals surface area contributed by atoms with Crippen LogP contribution >= 0.6 is 0 Å². The summed E-state index contributed by atoms with van der Waals surface area (Å²) < 4.78 is 42.8. The van der Waals surface area contributed by atoms with Crippen molar-refractivity contribution >= 4 is 22.6 Å². The molecule has 6 nitrogen and oxygen atoms in total. The van der Waals surface area contributed by atoms with Gasteiger partial charge in [0.15, 0.2) is 0 Å². The summed E-state index contributed by atoms with van der Waals surface area (Å²) in [7, 11) is 0. The normalized spacial score (nSPS) is 13.0. The van der Waals surface area contributed by atoms with Crippen molar-refractivity contribution < 1.29 is 27.5 Å². The first-order valence-corrected chi connectivity index (χ1v) is 7.95. The minimum absolute atomic E-state index is 0.0557. The monoisotopic (exact) mass is 376 g/mol. The Balaban J connectivity index is 0.000000420. The molecular formula is C16H20F4N4O2. The molecule has 0 atom stereocenters. The van der Waals surface area contributed by atoms with Crippen molar-refractivity contribution in [1.82, 2.24) is 14.9 Å². The Morgan fingerprint density at radius 3 is 2.42 bits per heavy atom. The number of halogens is 4. The van der Waals surface area contributed by atoms with Gasteiger partial charge in [0, 0.05) is 24.5 Å². The predicted molar refractivity (Wildman–Crippen MR) is 88.8 cm³/mol. The van der Waals surface area contributed by atoms with E-state index in [0.29, 0.717) is 16.7 Å². The van der Waals surface area contributed by atoms with Gasteiger partial charge in [-0.2, -0.15) is 0 Å².